The Morgan fingerprint density at radius 1 is 1.04 bits per heavy atom. The molecule has 2 rings (SSSR count). The Bertz CT molecular complexity index is 770. The van der Waals surface area contributed by atoms with E-state index in [1.807, 2.05) is 49.4 Å². The van der Waals surface area contributed by atoms with E-state index in [1.165, 1.54) is 6.08 Å². The second-order valence-electron chi connectivity index (χ2n) is 5.91. The summed E-state index contributed by atoms with van der Waals surface area (Å²) in [5.41, 5.74) is 1.89. The molecule has 1 N–H and O–H groups in total. The summed E-state index contributed by atoms with van der Waals surface area (Å²) >= 11 is 0. The third-order valence-corrected chi connectivity index (χ3v) is 3.92. The molecule has 2 aromatic rings. The average Bonchev–Trinajstić information content (AvgIpc) is 2.66. The Hall–Kier alpha value is -2.95. The zero-order valence-electron chi connectivity index (χ0n) is 15.6. The standard InChI is InChI=1S/C21H25NO4/c1-15(12-16-6-5-7-18(13-16)24-2)22-21(23)11-8-17-14-19(25-3)9-10-20(17)26-4/h5-11,13-15H,12H2,1-4H3,(H,22,23)/b11-8+. The molecule has 0 saturated carbocycles. The van der Waals surface area contributed by atoms with Crippen LogP contribution in [0, 0.1) is 0 Å². The van der Waals surface area contributed by atoms with Crippen molar-refractivity contribution in [2.45, 2.75) is 19.4 Å². The average molecular weight is 355 g/mol. The number of hydrogen-bond acceptors (Lipinski definition) is 4. The summed E-state index contributed by atoms with van der Waals surface area (Å²) in [6.45, 7) is 1.97. The number of carbonyl (C=O) groups excluding carboxylic acids is 1. The van der Waals surface area contributed by atoms with Crippen LogP contribution in [0.4, 0.5) is 0 Å². The van der Waals surface area contributed by atoms with Gasteiger partial charge in [0.2, 0.25) is 5.91 Å². The highest BCUT2D eigenvalue weighted by Crippen LogP contribution is 2.25. The maximum atomic E-state index is 12.2. The van der Waals surface area contributed by atoms with E-state index in [0.717, 1.165) is 23.3 Å². The number of hydrogen-bond donors (Lipinski definition) is 1. The van der Waals surface area contributed by atoms with Crippen LogP contribution in [0.15, 0.2) is 48.5 Å². The van der Waals surface area contributed by atoms with Crippen LogP contribution < -0.4 is 19.5 Å². The van der Waals surface area contributed by atoms with E-state index in [4.69, 9.17) is 14.2 Å². The highest BCUT2D eigenvalue weighted by molar-refractivity contribution is 5.92. The van der Waals surface area contributed by atoms with Crippen molar-refractivity contribution < 1.29 is 19.0 Å². The first-order valence-electron chi connectivity index (χ1n) is 8.39. The summed E-state index contributed by atoms with van der Waals surface area (Å²) in [4.78, 5) is 12.2. The Labute approximate surface area is 154 Å². The molecule has 0 fully saturated rings. The van der Waals surface area contributed by atoms with Crippen LogP contribution in [-0.4, -0.2) is 33.3 Å². The number of amides is 1. The molecule has 0 bridgehead atoms. The first-order chi connectivity index (χ1) is 12.5. The van der Waals surface area contributed by atoms with Crippen LogP contribution in [0.2, 0.25) is 0 Å². The first-order valence-corrected chi connectivity index (χ1v) is 8.39. The van der Waals surface area contributed by atoms with E-state index in [9.17, 15) is 4.79 Å². The van der Waals surface area contributed by atoms with Crippen LogP contribution >= 0.6 is 0 Å². The molecule has 1 amide bonds. The van der Waals surface area contributed by atoms with Crippen molar-refractivity contribution in [3.8, 4) is 17.2 Å². The van der Waals surface area contributed by atoms with Gasteiger partial charge in [0.15, 0.2) is 0 Å². The molecule has 1 unspecified atom stereocenters. The van der Waals surface area contributed by atoms with Crippen molar-refractivity contribution in [2.24, 2.45) is 0 Å². The van der Waals surface area contributed by atoms with E-state index < -0.39 is 0 Å². The van der Waals surface area contributed by atoms with E-state index in [1.54, 1.807) is 27.4 Å². The van der Waals surface area contributed by atoms with Crippen molar-refractivity contribution in [3.05, 3.63) is 59.7 Å². The van der Waals surface area contributed by atoms with Gasteiger partial charge in [-0.25, -0.2) is 0 Å². The second-order valence-corrected chi connectivity index (χ2v) is 5.91. The van der Waals surface area contributed by atoms with Gasteiger partial charge in [0, 0.05) is 17.7 Å². The van der Waals surface area contributed by atoms with Crippen molar-refractivity contribution in [2.75, 3.05) is 21.3 Å². The third kappa shape index (κ3) is 5.55. The number of carbonyl (C=O) groups is 1. The van der Waals surface area contributed by atoms with E-state index >= 15 is 0 Å². The van der Waals surface area contributed by atoms with Gasteiger partial charge < -0.3 is 19.5 Å². The Morgan fingerprint density at radius 3 is 2.46 bits per heavy atom. The van der Waals surface area contributed by atoms with Crippen LogP contribution in [0.1, 0.15) is 18.1 Å². The molecule has 0 aliphatic carbocycles. The maximum Gasteiger partial charge on any atom is 0.244 e. The Kier molecular flexibility index (Phi) is 7.09. The van der Waals surface area contributed by atoms with Crippen LogP contribution in [-0.2, 0) is 11.2 Å². The number of rotatable bonds is 8. The van der Waals surface area contributed by atoms with Crippen LogP contribution in [0.5, 0.6) is 17.2 Å². The highest BCUT2D eigenvalue weighted by atomic mass is 16.5. The maximum absolute atomic E-state index is 12.2. The molecule has 0 spiro atoms. The van der Waals surface area contributed by atoms with Gasteiger partial charge in [0.1, 0.15) is 17.2 Å². The largest absolute Gasteiger partial charge is 0.497 e. The number of methoxy groups -OCH3 is 3. The molecule has 5 nitrogen and oxygen atoms in total. The number of ether oxygens (including phenoxy) is 3. The molecule has 138 valence electrons. The molecule has 0 aliphatic heterocycles. The van der Waals surface area contributed by atoms with Crippen molar-refractivity contribution in [1.82, 2.24) is 5.32 Å². The van der Waals surface area contributed by atoms with Gasteiger partial charge in [0.25, 0.3) is 0 Å². The molecule has 1 atom stereocenters. The highest BCUT2D eigenvalue weighted by Gasteiger charge is 2.08. The normalized spacial score (nSPS) is 11.8. The van der Waals surface area contributed by atoms with Crippen LogP contribution in [0.3, 0.4) is 0 Å². The summed E-state index contributed by atoms with van der Waals surface area (Å²) < 4.78 is 15.7. The molecule has 0 aliphatic rings. The number of nitrogens with one attached hydrogen (secondary N) is 1. The summed E-state index contributed by atoms with van der Waals surface area (Å²) in [7, 11) is 4.83. The smallest absolute Gasteiger partial charge is 0.244 e. The van der Waals surface area contributed by atoms with E-state index in [2.05, 4.69) is 5.32 Å². The SMILES string of the molecule is COc1cccc(CC(C)NC(=O)/C=C/c2cc(OC)ccc2OC)c1. The first kappa shape index (κ1) is 19.4. The van der Waals surface area contributed by atoms with Crippen molar-refractivity contribution >= 4 is 12.0 Å². The fourth-order valence-corrected chi connectivity index (χ4v) is 2.63. The van der Waals surface area contributed by atoms with E-state index in [-0.39, 0.29) is 11.9 Å². The molecule has 0 radical (unpaired) electrons. The lowest BCUT2D eigenvalue weighted by Gasteiger charge is -2.13. The van der Waals surface area contributed by atoms with Gasteiger partial charge in [-0.15, -0.1) is 0 Å². The molecule has 0 aromatic heterocycles. The molecular weight excluding hydrogens is 330 g/mol. The molecule has 2 aromatic carbocycles. The molecular formula is C21H25NO4. The Balaban J connectivity index is 1.98. The predicted octanol–water partition coefficient (Wildman–Crippen LogP) is 3.47. The minimum absolute atomic E-state index is 0.00791. The number of benzene rings is 2. The summed E-state index contributed by atoms with van der Waals surface area (Å²) in [5, 5.41) is 2.96. The minimum Gasteiger partial charge on any atom is -0.497 e. The van der Waals surface area contributed by atoms with Gasteiger partial charge in [-0.2, -0.15) is 0 Å². The zero-order valence-corrected chi connectivity index (χ0v) is 15.6. The molecule has 26 heavy (non-hydrogen) atoms. The Morgan fingerprint density at radius 2 is 1.77 bits per heavy atom. The predicted molar refractivity (Wildman–Crippen MR) is 103 cm³/mol. The van der Waals surface area contributed by atoms with Crippen molar-refractivity contribution in [3.63, 3.8) is 0 Å². The van der Waals surface area contributed by atoms with Crippen molar-refractivity contribution in [1.29, 1.82) is 0 Å². The fraction of sp³-hybridized carbons (Fsp3) is 0.286. The van der Waals surface area contributed by atoms with Gasteiger partial charge in [0.05, 0.1) is 21.3 Å². The lowest BCUT2D eigenvalue weighted by molar-refractivity contribution is -0.117. The van der Waals surface area contributed by atoms with Gasteiger partial charge in [-0.05, 0) is 55.3 Å². The summed E-state index contributed by atoms with van der Waals surface area (Å²) in [6.07, 6.45) is 3.94. The van der Waals surface area contributed by atoms with Crippen LogP contribution in [0.25, 0.3) is 6.08 Å². The van der Waals surface area contributed by atoms with Gasteiger partial charge >= 0.3 is 0 Å². The molecule has 0 heterocycles. The monoisotopic (exact) mass is 355 g/mol. The van der Waals surface area contributed by atoms with Gasteiger partial charge in [-0.3, -0.25) is 4.79 Å². The molecule has 0 saturated heterocycles. The lowest BCUT2D eigenvalue weighted by Crippen LogP contribution is -2.32. The third-order valence-electron chi connectivity index (χ3n) is 3.92. The van der Waals surface area contributed by atoms with Gasteiger partial charge in [-0.1, -0.05) is 12.1 Å². The lowest BCUT2D eigenvalue weighted by atomic mass is 10.1. The quantitative estimate of drug-likeness (QED) is 0.737. The topological polar surface area (TPSA) is 56.8 Å². The zero-order chi connectivity index (χ0) is 18.9. The summed E-state index contributed by atoms with van der Waals surface area (Å²) in [6, 6.07) is 13.3. The second kappa shape index (κ2) is 9.51. The summed E-state index contributed by atoms with van der Waals surface area (Å²) in [5.74, 6) is 2.04. The molecule has 5 heteroatoms. The minimum atomic E-state index is -0.162. The fourth-order valence-electron chi connectivity index (χ4n) is 2.63. The van der Waals surface area contributed by atoms with E-state index in [0.29, 0.717) is 11.5 Å².